The van der Waals surface area contributed by atoms with E-state index in [1.165, 1.54) is 25.7 Å². The zero-order chi connectivity index (χ0) is 14.8. The van der Waals surface area contributed by atoms with Crippen molar-refractivity contribution in [2.45, 2.75) is 57.5 Å². The van der Waals surface area contributed by atoms with Crippen LogP contribution in [0.25, 0.3) is 0 Å². The van der Waals surface area contributed by atoms with E-state index in [0.29, 0.717) is 5.92 Å². The van der Waals surface area contributed by atoms with Gasteiger partial charge in [-0.2, -0.15) is 0 Å². The molecular weight excluding hydrogens is 318 g/mol. The predicted molar refractivity (Wildman–Crippen MR) is 85.1 cm³/mol. The number of nitrogens with zero attached hydrogens (tertiary/aromatic N) is 2. The second-order valence-corrected chi connectivity index (χ2v) is 6.41. The molecule has 1 saturated carbocycles. The number of rotatable bonds is 5. The van der Waals surface area contributed by atoms with E-state index in [1.54, 1.807) is 7.11 Å². The molecular formula is C15H24BrN3O. The molecule has 0 aromatic carbocycles. The van der Waals surface area contributed by atoms with Crippen molar-refractivity contribution in [1.29, 1.82) is 0 Å². The molecule has 1 atom stereocenters. The molecule has 0 aliphatic heterocycles. The van der Waals surface area contributed by atoms with Crippen LogP contribution in [0.5, 0.6) is 0 Å². The highest BCUT2D eigenvalue weighted by Gasteiger charge is 2.31. The van der Waals surface area contributed by atoms with E-state index in [1.807, 2.05) is 14.0 Å². The minimum Gasteiger partial charge on any atom is -0.372 e. The maximum atomic E-state index is 5.66. The first-order chi connectivity index (χ1) is 9.55. The molecule has 112 valence electrons. The van der Waals surface area contributed by atoms with E-state index in [4.69, 9.17) is 9.72 Å². The molecule has 1 heterocycles. The summed E-state index contributed by atoms with van der Waals surface area (Å²) in [7, 11) is 3.62. The van der Waals surface area contributed by atoms with Crippen molar-refractivity contribution in [3.8, 4) is 0 Å². The summed E-state index contributed by atoms with van der Waals surface area (Å²) in [6.45, 7) is 4.15. The molecule has 1 aliphatic carbocycles. The smallest absolute Gasteiger partial charge is 0.162 e. The molecule has 0 bridgehead atoms. The summed E-state index contributed by atoms with van der Waals surface area (Å²) in [6, 6.07) is 0. The lowest BCUT2D eigenvalue weighted by atomic mass is 10.00. The predicted octanol–water partition coefficient (Wildman–Crippen LogP) is 4.21. The summed E-state index contributed by atoms with van der Waals surface area (Å²) in [6.07, 6.45) is 5.86. The molecule has 2 rings (SSSR count). The highest BCUT2D eigenvalue weighted by atomic mass is 79.9. The van der Waals surface area contributed by atoms with Crippen LogP contribution in [-0.4, -0.2) is 24.1 Å². The van der Waals surface area contributed by atoms with Crippen molar-refractivity contribution in [3.63, 3.8) is 0 Å². The Kier molecular flexibility index (Phi) is 5.02. The summed E-state index contributed by atoms with van der Waals surface area (Å²) >= 11 is 3.67. The Labute approximate surface area is 129 Å². The molecule has 0 spiro atoms. The highest BCUT2D eigenvalue weighted by Crippen LogP contribution is 2.40. The minimum atomic E-state index is -0.431. The molecule has 0 saturated heterocycles. The van der Waals surface area contributed by atoms with E-state index >= 15 is 0 Å². The summed E-state index contributed by atoms with van der Waals surface area (Å²) in [5, 5.41) is 3.17. The van der Waals surface area contributed by atoms with Gasteiger partial charge in [-0.15, -0.1) is 0 Å². The van der Waals surface area contributed by atoms with Gasteiger partial charge in [-0.1, -0.05) is 19.8 Å². The normalized spacial score (nSPS) is 19.1. The van der Waals surface area contributed by atoms with E-state index < -0.39 is 5.60 Å². The van der Waals surface area contributed by atoms with E-state index in [2.05, 4.69) is 33.2 Å². The number of halogens is 1. The average Bonchev–Trinajstić information content (AvgIpc) is 3.00. The van der Waals surface area contributed by atoms with Gasteiger partial charge in [0.05, 0.1) is 10.2 Å². The summed E-state index contributed by atoms with van der Waals surface area (Å²) in [5.74, 6) is 2.17. The highest BCUT2D eigenvalue weighted by molar-refractivity contribution is 9.10. The topological polar surface area (TPSA) is 47.0 Å². The van der Waals surface area contributed by atoms with Crippen molar-refractivity contribution in [2.75, 3.05) is 19.5 Å². The first-order valence-corrected chi connectivity index (χ1v) is 8.15. The average molecular weight is 342 g/mol. The molecule has 0 amide bonds. The molecule has 4 nitrogen and oxygen atoms in total. The first-order valence-electron chi connectivity index (χ1n) is 7.36. The van der Waals surface area contributed by atoms with Crippen LogP contribution in [0.3, 0.4) is 0 Å². The van der Waals surface area contributed by atoms with E-state index in [-0.39, 0.29) is 0 Å². The van der Waals surface area contributed by atoms with Gasteiger partial charge in [-0.3, -0.25) is 0 Å². The second kappa shape index (κ2) is 6.39. The van der Waals surface area contributed by atoms with Crippen LogP contribution in [-0.2, 0) is 10.3 Å². The fourth-order valence-corrected chi connectivity index (χ4v) is 3.43. The van der Waals surface area contributed by atoms with Gasteiger partial charge in [-0.05, 0) is 42.1 Å². The summed E-state index contributed by atoms with van der Waals surface area (Å²) < 4.78 is 6.67. The third-order valence-electron chi connectivity index (χ3n) is 4.45. The Bertz CT molecular complexity index is 468. The largest absolute Gasteiger partial charge is 0.372 e. The van der Waals surface area contributed by atoms with Crippen LogP contribution in [0.2, 0.25) is 0 Å². The van der Waals surface area contributed by atoms with Crippen LogP contribution >= 0.6 is 15.9 Å². The number of anilines is 1. The van der Waals surface area contributed by atoms with Gasteiger partial charge < -0.3 is 10.1 Å². The maximum absolute atomic E-state index is 5.66. The third kappa shape index (κ3) is 2.84. The Hall–Kier alpha value is -0.680. The van der Waals surface area contributed by atoms with Crippen molar-refractivity contribution >= 4 is 21.7 Å². The third-order valence-corrected chi connectivity index (χ3v) is 5.24. The van der Waals surface area contributed by atoms with Crippen molar-refractivity contribution in [1.82, 2.24) is 9.97 Å². The molecule has 20 heavy (non-hydrogen) atoms. The van der Waals surface area contributed by atoms with Gasteiger partial charge >= 0.3 is 0 Å². The number of ether oxygens (including phenoxy) is 1. The molecule has 1 aliphatic rings. The molecule has 0 radical (unpaired) electrons. The van der Waals surface area contributed by atoms with Crippen LogP contribution in [0.15, 0.2) is 4.47 Å². The van der Waals surface area contributed by atoms with Gasteiger partial charge in [-0.25, -0.2) is 9.97 Å². The second-order valence-electron chi connectivity index (χ2n) is 5.61. The number of hydrogen-bond acceptors (Lipinski definition) is 4. The van der Waals surface area contributed by atoms with Crippen LogP contribution in [0.1, 0.15) is 63.4 Å². The van der Waals surface area contributed by atoms with Gasteiger partial charge in [0.1, 0.15) is 11.4 Å². The Morgan fingerprint density at radius 2 is 2.00 bits per heavy atom. The lowest BCUT2D eigenvalue weighted by Crippen LogP contribution is -2.27. The molecule has 1 aromatic rings. The fraction of sp³-hybridized carbons (Fsp3) is 0.733. The number of aromatic nitrogens is 2. The standard InChI is InChI=1S/C15H24BrN3O/c1-5-15(2,20-4)14-18-12(10-8-6-7-9-10)11(16)13(17-3)19-14/h10H,5-9H2,1-4H3,(H,17,18,19). The quantitative estimate of drug-likeness (QED) is 0.871. The van der Waals surface area contributed by atoms with Crippen molar-refractivity contribution in [3.05, 3.63) is 16.0 Å². The lowest BCUT2D eigenvalue weighted by Gasteiger charge is -2.27. The Morgan fingerprint density at radius 1 is 1.35 bits per heavy atom. The van der Waals surface area contributed by atoms with Crippen LogP contribution < -0.4 is 5.32 Å². The van der Waals surface area contributed by atoms with E-state index in [9.17, 15) is 0 Å². The molecule has 1 N–H and O–H groups in total. The number of hydrogen-bond donors (Lipinski definition) is 1. The van der Waals surface area contributed by atoms with E-state index in [0.717, 1.165) is 28.2 Å². The minimum absolute atomic E-state index is 0.431. The number of nitrogens with one attached hydrogen (secondary N) is 1. The van der Waals surface area contributed by atoms with Crippen LogP contribution in [0.4, 0.5) is 5.82 Å². The SMILES string of the molecule is CCC(C)(OC)c1nc(NC)c(Br)c(C2CCCC2)n1. The van der Waals surface area contributed by atoms with Crippen molar-refractivity contribution < 1.29 is 4.74 Å². The fourth-order valence-electron chi connectivity index (χ4n) is 2.73. The van der Waals surface area contributed by atoms with Gasteiger partial charge in [0.25, 0.3) is 0 Å². The Morgan fingerprint density at radius 3 is 2.50 bits per heavy atom. The van der Waals surface area contributed by atoms with Gasteiger partial charge in [0.15, 0.2) is 5.82 Å². The lowest BCUT2D eigenvalue weighted by molar-refractivity contribution is -0.00912. The van der Waals surface area contributed by atoms with Gasteiger partial charge in [0.2, 0.25) is 0 Å². The molecule has 1 fully saturated rings. The monoisotopic (exact) mass is 341 g/mol. The Balaban J connectivity index is 2.51. The summed E-state index contributed by atoms with van der Waals surface area (Å²) in [5.41, 5.74) is 0.702. The number of methoxy groups -OCH3 is 1. The zero-order valence-electron chi connectivity index (χ0n) is 12.8. The maximum Gasteiger partial charge on any atom is 0.162 e. The van der Waals surface area contributed by atoms with Crippen LogP contribution in [0, 0.1) is 0 Å². The molecule has 1 aromatic heterocycles. The summed E-state index contributed by atoms with van der Waals surface area (Å²) in [4.78, 5) is 9.50. The molecule has 1 unspecified atom stereocenters. The zero-order valence-corrected chi connectivity index (χ0v) is 14.4. The first kappa shape index (κ1) is 15.7. The molecule has 5 heteroatoms. The van der Waals surface area contributed by atoms with Gasteiger partial charge in [0, 0.05) is 20.1 Å². The van der Waals surface area contributed by atoms with Crippen molar-refractivity contribution in [2.24, 2.45) is 0 Å².